The fraction of sp³-hybridized carbons (Fsp3) is 0.188. The van der Waals surface area contributed by atoms with Crippen molar-refractivity contribution < 1.29 is 0 Å². The first kappa shape index (κ1) is 14.2. The van der Waals surface area contributed by atoms with E-state index in [1.807, 2.05) is 29.8 Å². The first-order chi connectivity index (χ1) is 10.2. The zero-order valence-electron chi connectivity index (χ0n) is 11.8. The van der Waals surface area contributed by atoms with Gasteiger partial charge in [0.2, 0.25) is 0 Å². The largest absolute Gasteiger partial charge is 0.385 e. The summed E-state index contributed by atoms with van der Waals surface area (Å²) in [5, 5.41) is 4.55. The summed E-state index contributed by atoms with van der Waals surface area (Å²) in [6.45, 7) is 2.13. The fourth-order valence-electron chi connectivity index (χ4n) is 2.67. The molecule has 2 heterocycles. The maximum Gasteiger partial charge on any atom is 0.160 e. The van der Waals surface area contributed by atoms with E-state index >= 15 is 0 Å². The van der Waals surface area contributed by atoms with Gasteiger partial charge in [0.15, 0.2) is 5.65 Å². The summed E-state index contributed by atoms with van der Waals surface area (Å²) in [6.07, 6.45) is 6.68. The van der Waals surface area contributed by atoms with Crippen LogP contribution in [0.2, 0.25) is 10.0 Å². The van der Waals surface area contributed by atoms with Crippen LogP contribution in [-0.4, -0.2) is 16.4 Å². The normalized spacial score (nSPS) is 11.0. The van der Waals surface area contributed by atoms with Gasteiger partial charge in [-0.05, 0) is 24.1 Å². The molecule has 0 aliphatic rings. The molecular formula is C16H15Cl2N3. The smallest absolute Gasteiger partial charge is 0.160 e. The Morgan fingerprint density at radius 3 is 2.71 bits per heavy atom. The van der Waals surface area contributed by atoms with Crippen LogP contribution in [0.5, 0.6) is 0 Å². The molecule has 0 atom stereocenters. The molecule has 0 spiro atoms. The van der Waals surface area contributed by atoms with Crippen molar-refractivity contribution in [3.8, 4) is 11.1 Å². The van der Waals surface area contributed by atoms with Crippen LogP contribution in [0.4, 0.5) is 5.69 Å². The van der Waals surface area contributed by atoms with Crippen LogP contribution < -0.4 is 5.32 Å². The summed E-state index contributed by atoms with van der Waals surface area (Å²) < 4.78 is 2.01. The van der Waals surface area contributed by atoms with Gasteiger partial charge in [-0.15, -0.1) is 0 Å². The van der Waals surface area contributed by atoms with Crippen LogP contribution in [0.25, 0.3) is 16.8 Å². The third-order valence-electron chi connectivity index (χ3n) is 3.61. The number of aromatic nitrogens is 2. The summed E-state index contributed by atoms with van der Waals surface area (Å²) in [5.74, 6) is 0. The number of pyridine rings is 1. The molecule has 0 aliphatic heterocycles. The number of imidazole rings is 1. The van der Waals surface area contributed by atoms with Crippen LogP contribution >= 0.6 is 23.2 Å². The van der Waals surface area contributed by atoms with E-state index in [9.17, 15) is 0 Å². The van der Waals surface area contributed by atoms with Gasteiger partial charge in [-0.25, -0.2) is 4.98 Å². The quantitative estimate of drug-likeness (QED) is 0.743. The molecule has 0 aliphatic carbocycles. The summed E-state index contributed by atoms with van der Waals surface area (Å²) in [5.41, 5.74) is 5.22. The van der Waals surface area contributed by atoms with Crippen molar-refractivity contribution in [2.75, 3.05) is 12.4 Å². The molecule has 0 unspecified atom stereocenters. The third-order valence-corrected chi connectivity index (χ3v) is 4.16. The fourth-order valence-corrected chi connectivity index (χ4v) is 3.18. The van der Waals surface area contributed by atoms with Gasteiger partial charge in [-0.1, -0.05) is 36.2 Å². The highest BCUT2D eigenvalue weighted by molar-refractivity contribution is 6.36. The molecular weight excluding hydrogens is 305 g/mol. The van der Waals surface area contributed by atoms with Crippen molar-refractivity contribution in [1.82, 2.24) is 9.38 Å². The van der Waals surface area contributed by atoms with Crippen molar-refractivity contribution in [1.29, 1.82) is 0 Å². The van der Waals surface area contributed by atoms with Crippen LogP contribution in [0.15, 0.2) is 36.8 Å². The standard InChI is InChI=1S/C16H15Cl2N3/c1-3-11-13(12-5-4-10(17)8-14(12)18)9-21-7-6-20-16(21)15(11)19-2/h4-9,19H,3H2,1-2H3. The summed E-state index contributed by atoms with van der Waals surface area (Å²) in [4.78, 5) is 4.42. The SMILES string of the molecule is CCc1c(-c2ccc(Cl)cc2Cl)cn2ccnc2c1NC. The van der Waals surface area contributed by atoms with Gasteiger partial charge < -0.3 is 9.72 Å². The van der Waals surface area contributed by atoms with Crippen molar-refractivity contribution >= 4 is 34.5 Å². The second-order valence-electron chi connectivity index (χ2n) is 4.78. The second-order valence-corrected chi connectivity index (χ2v) is 5.63. The van der Waals surface area contributed by atoms with E-state index in [-0.39, 0.29) is 0 Å². The van der Waals surface area contributed by atoms with Gasteiger partial charge in [0, 0.05) is 46.8 Å². The number of rotatable bonds is 3. The van der Waals surface area contributed by atoms with E-state index in [0.29, 0.717) is 10.0 Å². The van der Waals surface area contributed by atoms with Crippen LogP contribution in [0.3, 0.4) is 0 Å². The minimum absolute atomic E-state index is 0.638. The lowest BCUT2D eigenvalue weighted by molar-refractivity contribution is 1.10. The predicted molar refractivity (Wildman–Crippen MR) is 89.6 cm³/mol. The lowest BCUT2D eigenvalue weighted by Crippen LogP contribution is -2.02. The Balaban J connectivity index is 2.35. The number of nitrogens with zero attached hydrogens (tertiary/aromatic N) is 2. The molecule has 0 amide bonds. The highest BCUT2D eigenvalue weighted by Gasteiger charge is 2.15. The molecule has 1 aromatic carbocycles. The second kappa shape index (κ2) is 5.58. The maximum atomic E-state index is 6.38. The number of anilines is 1. The first-order valence-corrected chi connectivity index (χ1v) is 7.53. The number of nitrogens with one attached hydrogen (secondary N) is 1. The Morgan fingerprint density at radius 1 is 1.24 bits per heavy atom. The average Bonchev–Trinajstić information content (AvgIpc) is 2.93. The molecule has 5 heteroatoms. The van der Waals surface area contributed by atoms with Gasteiger partial charge in [0.25, 0.3) is 0 Å². The molecule has 0 saturated heterocycles. The van der Waals surface area contributed by atoms with Crippen molar-refractivity contribution in [3.63, 3.8) is 0 Å². The Hall–Kier alpha value is -1.71. The maximum absolute atomic E-state index is 6.38. The van der Waals surface area contributed by atoms with Crippen LogP contribution in [-0.2, 0) is 6.42 Å². The Labute approximate surface area is 133 Å². The zero-order chi connectivity index (χ0) is 15.0. The minimum Gasteiger partial charge on any atom is -0.385 e. The summed E-state index contributed by atoms with van der Waals surface area (Å²) in [6, 6.07) is 5.59. The van der Waals surface area contributed by atoms with E-state index in [1.54, 1.807) is 12.3 Å². The van der Waals surface area contributed by atoms with Crippen molar-refractivity contribution in [2.45, 2.75) is 13.3 Å². The Bertz CT molecular complexity index is 809. The molecule has 3 aromatic rings. The third kappa shape index (κ3) is 2.37. The number of benzene rings is 1. The number of halogens is 2. The van der Waals surface area contributed by atoms with E-state index in [2.05, 4.69) is 23.4 Å². The molecule has 3 nitrogen and oxygen atoms in total. The molecule has 2 aromatic heterocycles. The molecule has 108 valence electrons. The van der Waals surface area contributed by atoms with Gasteiger partial charge in [-0.3, -0.25) is 0 Å². The van der Waals surface area contributed by atoms with E-state index < -0.39 is 0 Å². The highest BCUT2D eigenvalue weighted by Crippen LogP contribution is 2.36. The van der Waals surface area contributed by atoms with Gasteiger partial charge in [-0.2, -0.15) is 0 Å². The van der Waals surface area contributed by atoms with E-state index in [1.165, 1.54) is 5.56 Å². The van der Waals surface area contributed by atoms with Crippen molar-refractivity contribution in [3.05, 3.63) is 52.4 Å². The van der Waals surface area contributed by atoms with Gasteiger partial charge in [0.05, 0.1) is 5.69 Å². The molecule has 0 radical (unpaired) electrons. The topological polar surface area (TPSA) is 29.3 Å². The lowest BCUT2D eigenvalue weighted by Gasteiger charge is -2.16. The zero-order valence-corrected chi connectivity index (χ0v) is 13.3. The Kier molecular flexibility index (Phi) is 3.79. The number of fused-ring (bicyclic) bond motifs is 1. The number of hydrogen-bond donors (Lipinski definition) is 1. The molecule has 0 saturated carbocycles. The van der Waals surface area contributed by atoms with Crippen LogP contribution in [0, 0.1) is 0 Å². The van der Waals surface area contributed by atoms with Crippen LogP contribution in [0.1, 0.15) is 12.5 Å². The van der Waals surface area contributed by atoms with E-state index in [0.717, 1.165) is 28.9 Å². The molecule has 0 fully saturated rings. The summed E-state index contributed by atoms with van der Waals surface area (Å²) >= 11 is 12.4. The molecule has 0 bridgehead atoms. The average molecular weight is 320 g/mol. The Morgan fingerprint density at radius 2 is 2.05 bits per heavy atom. The number of hydrogen-bond acceptors (Lipinski definition) is 2. The first-order valence-electron chi connectivity index (χ1n) is 6.77. The molecule has 1 N–H and O–H groups in total. The van der Waals surface area contributed by atoms with Crippen molar-refractivity contribution in [2.24, 2.45) is 0 Å². The van der Waals surface area contributed by atoms with Gasteiger partial charge >= 0.3 is 0 Å². The monoisotopic (exact) mass is 319 g/mol. The minimum atomic E-state index is 0.638. The van der Waals surface area contributed by atoms with Gasteiger partial charge in [0.1, 0.15) is 0 Å². The molecule has 3 rings (SSSR count). The van der Waals surface area contributed by atoms with E-state index in [4.69, 9.17) is 23.2 Å². The summed E-state index contributed by atoms with van der Waals surface area (Å²) in [7, 11) is 1.91. The lowest BCUT2D eigenvalue weighted by atomic mass is 9.98. The molecule has 21 heavy (non-hydrogen) atoms. The predicted octanol–water partition coefficient (Wildman–Crippen LogP) is 4.91. The highest BCUT2D eigenvalue weighted by atomic mass is 35.5.